The van der Waals surface area contributed by atoms with Crippen molar-refractivity contribution in [3.63, 3.8) is 0 Å². The molecule has 0 aliphatic rings. The van der Waals surface area contributed by atoms with Crippen LogP contribution in [0.25, 0.3) is 4.85 Å². The van der Waals surface area contributed by atoms with Gasteiger partial charge in [-0.3, -0.25) is 4.99 Å². The number of anilines is 1. The average Bonchev–Trinajstić information content (AvgIpc) is 2.93. The van der Waals surface area contributed by atoms with Crippen molar-refractivity contribution in [3.05, 3.63) is 118 Å². The minimum Gasteiger partial charge on any atom is -0.377 e. The number of aliphatic imine (C=N–C) groups is 1. The van der Waals surface area contributed by atoms with Gasteiger partial charge in [0.25, 0.3) is 13.0 Å². The molecule has 0 radical (unpaired) electrons. The van der Waals surface area contributed by atoms with E-state index in [2.05, 4.69) is 52.2 Å². The molecule has 0 fully saturated rings. The quantitative estimate of drug-likeness (QED) is 0.148. The lowest BCUT2D eigenvalue weighted by Crippen LogP contribution is -2.19. The second kappa shape index (κ2) is 16.3. The summed E-state index contributed by atoms with van der Waals surface area (Å²) in [6.45, 7) is 17.3. The van der Waals surface area contributed by atoms with Crippen molar-refractivity contribution >= 4 is 25.1 Å². The topological polar surface area (TPSA) is 44.9 Å². The van der Waals surface area contributed by atoms with Crippen molar-refractivity contribution in [2.24, 2.45) is 4.99 Å². The zero-order chi connectivity index (χ0) is 30.5. The molecule has 1 atom stereocenters. The van der Waals surface area contributed by atoms with E-state index >= 15 is 0 Å². The van der Waals surface area contributed by atoms with Crippen LogP contribution >= 0.6 is 7.92 Å². The summed E-state index contributed by atoms with van der Waals surface area (Å²) in [6.07, 6.45) is 6.27. The van der Waals surface area contributed by atoms with Crippen molar-refractivity contribution in [2.75, 3.05) is 32.7 Å². The third-order valence-corrected chi connectivity index (χ3v) is 7.31. The molecule has 216 valence electrons. The van der Waals surface area contributed by atoms with E-state index in [0.29, 0.717) is 29.1 Å². The molecule has 1 aromatic carbocycles. The van der Waals surface area contributed by atoms with E-state index < -0.39 is 18.3 Å². The maximum absolute atomic E-state index is 14.4. The number of nitrogens with zero attached hydrogens (tertiary/aromatic N) is 4. The molecule has 0 unspecified atom stereocenters. The molecule has 2 aromatic rings. The summed E-state index contributed by atoms with van der Waals surface area (Å²) < 4.78 is 41.6. The van der Waals surface area contributed by atoms with Gasteiger partial charge in [-0.25, -0.2) is 18.2 Å². The minimum absolute atomic E-state index is 0.172. The first-order chi connectivity index (χ1) is 19.5. The molecule has 0 amide bonds. The fraction of sp³-hybridized carbons (Fsp3) is 0.281. The molecule has 1 aromatic heterocycles. The molecule has 0 aliphatic carbocycles. The standard InChI is InChI=1S/C32H38F3N5P/c1-9-27(33)18-25(23(3)39-29-15-13-22(2)38-31(29)32(34)35)14-16-30(40(5)6)26(20-36-4)21-37-19-24-11-10-12-28(17-24)41(7)8/h4,9-18,20-21,23,32,39H,1,19H2,2-3,5-8H3/q+1/b25-14-,26-20+,27-18+,30-16-,37-21?/t23-/m1/s1. The van der Waals surface area contributed by atoms with Crippen molar-refractivity contribution in [3.8, 4) is 6.57 Å². The van der Waals surface area contributed by atoms with Crippen LogP contribution in [0.15, 0.2) is 101 Å². The lowest BCUT2D eigenvalue weighted by molar-refractivity contribution is 0.146. The highest BCUT2D eigenvalue weighted by molar-refractivity contribution is 7.64. The van der Waals surface area contributed by atoms with Gasteiger partial charge in [0.15, 0.2) is 0 Å². The van der Waals surface area contributed by atoms with E-state index in [1.165, 1.54) is 17.6 Å². The average molecular weight is 581 g/mol. The van der Waals surface area contributed by atoms with Gasteiger partial charge in [0.2, 0.25) is 0 Å². The normalized spacial score (nSPS) is 14.0. The molecule has 0 spiro atoms. The molecule has 0 saturated heterocycles. The minimum atomic E-state index is -2.77. The maximum atomic E-state index is 14.4. The van der Waals surface area contributed by atoms with Gasteiger partial charge in [0.1, 0.15) is 11.5 Å². The monoisotopic (exact) mass is 580 g/mol. The van der Waals surface area contributed by atoms with Crippen molar-refractivity contribution in [1.29, 1.82) is 0 Å². The van der Waals surface area contributed by atoms with Crippen LogP contribution in [0, 0.1) is 13.5 Å². The Kier molecular flexibility index (Phi) is 13.3. The Hall–Kier alpha value is -3.95. The largest absolute Gasteiger partial charge is 0.377 e. The highest BCUT2D eigenvalue weighted by Gasteiger charge is 2.18. The number of allylic oxidation sites excluding steroid dienone is 5. The van der Waals surface area contributed by atoms with Crippen molar-refractivity contribution < 1.29 is 13.2 Å². The van der Waals surface area contributed by atoms with Gasteiger partial charge >= 0.3 is 6.20 Å². The summed E-state index contributed by atoms with van der Waals surface area (Å²) in [6, 6.07) is 11.0. The third-order valence-electron chi connectivity index (χ3n) is 6.00. The number of benzene rings is 1. The number of hydrogen-bond acceptors (Lipinski definition) is 4. The van der Waals surface area contributed by atoms with Crippen LogP contribution in [0.1, 0.15) is 30.3 Å². The molecule has 0 aliphatic heterocycles. The van der Waals surface area contributed by atoms with E-state index in [1.807, 2.05) is 31.1 Å². The van der Waals surface area contributed by atoms with Crippen LogP contribution in [-0.4, -0.2) is 49.6 Å². The van der Waals surface area contributed by atoms with Gasteiger partial charge in [-0.05, 0) is 84.9 Å². The summed E-state index contributed by atoms with van der Waals surface area (Å²) >= 11 is 0. The number of halogens is 3. The van der Waals surface area contributed by atoms with Gasteiger partial charge in [-0.15, -0.1) is 0 Å². The Morgan fingerprint density at radius 3 is 2.56 bits per heavy atom. The number of nitrogens with one attached hydrogen (secondary N) is 1. The molecular weight excluding hydrogens is 542 g/mol. The lowest BCUT2D eigenvalue weighted by Gasteiger charge is -2.20. The Balaban J connectivity index is 2.45. The predicted octanol–water partition coefficient (Wildman–Crippen LogP) is 8.02. The number of alkyl halides is 2. The molecule has 0 saturated carbocycles. The molecule has 1 heterocycles. The highest BCUT2D eigenvalue weighted by atomic mass is 31.1. The summed E-state index contributed by atoms with van der Waals surface area (Å²) in [5.74, 6) is -0.569. The first kappa shape index (κ1) is 33.3. The van der Waals surface area contributed by atoms with Crippen molar-refractivity contribution in [2.45, 2.75) is 32.9 Å². The van der Waals surface area contributed by atoms with Crippen LogP contribution in [0.2, 0.25) is 0 Å². The zero-order valence-corrected chi connectivity index (χ0v) is 25.3. The van der Waals surface area contributed by atoms with Crippen LogP contribution in [-0.2, 0) is 6.54 Å². The molecule has 0 bridgehead atoms. The Bertz CT molecular complexity index is 1400. The van der Waals surface area contributed by atoms with Gasteiger partial charge in [-0.1, -0.05) is 38.8 Å². The summed E-state index contributed by atoms with van der Waals surface area (Å²) in [5, 5.41) is 4.35. The van der Waals surface area contributed by atoms with Gasteiger partial charge < -0.3 is 10.2 Å². The lowest BCUT2D eigenvalue weighted by atomic mass is 10.0. The Labute approximate surface area is 243 Å². The van der Waals surface area contributed by atoms with E-state index in [1.54, 1.807) is 44.3 Å². The molecule has 9 heteroatoms. The van der Waals surface area contributed by atoms with E-state index in [9.17, 15) is 13.2 Å². The van der Waals surface area contributed by atoms with Crippen molar-refractivity contribution in [1.82, 2.24) is 9.88 Å². The smallest absolute Gasteiger partial charge is 0.315 e. The number of hydrogen-bond donors (Lipinski definition) is 1. The van der Waals surface area contributed by atoms with Gasteiger partial charge in [0.05, 0.1) is 23.5 Å². The zero-order valence-electron chi connectivity index (χ0n) is 24.4. The van der Waals surface area contributed by atoms with Crippen LogP contribution in [0.3, 0.4) is 0 Å². The fourth-order valence-electron chi connectivity index (χ4n) is 3.82. The van der Waals surface area contributed by atoms with E-state index in [-0.39, 0.29) is 19.3 Å². The Morgan fingerprint density at radius 2 is 1.95 bits per heavy atom. The van der Waals surface area contributed by atoms with E-state index in [4.69, 9.17) is 6.57 Å². The molecule has 5 nitrogen and oxygen atoms in total. The third kappa shape index (κ3) is 10.5. The molecule has 2 rings (SSSR count). The summed E-state index contributed by atoms with van der Waals surface area (Å²) in [7, 11) is 3.48. The second-order valence-electron chi connectivity index (χ2n) is 9.67. The predicted molar refractivity (Wildman–Crippen MR) is 170 cm³/mol. The highest BCUT2D eigenvalue weighted by Crippen LogP contribution is 2.27. The summed E-state index contributed by atoms with van der Waals surface area (Å²) in [5.41, 5.74) is 3.20. The number of likely N-dealkylation sites (N-methyl/N-ethyl adjacent to an activating group) is 1. The number of pyridine rings is 1. The number of aromatic nitrogens is 1. The molecule has 41 heavy (non-hydrogen) atoms. The molecule has 1 N–H and O–H groups in total. The second-order valence-corrected chi connectivity index (χ2v) is 12.0. The van der Waals surface area contributed by atoms with Crippen LogP contribution in [0.5, 0.6) is 0 Å². The first-order valence-corrected chi connectivity index (χ1v) is 15.2. The molecular formula is C32H38F3N5P+. The fourth-order valence-corrected chi connectivity index (χ4v) is 4.63. The SMILES string of the molecule is C#[N+]/C=C(C=NCc1cccc(P(C)C)c1)/C(=C/C=C(/C=C(/F)C=C)[C@@H](C)Nc1ccc(C)nc1C(F)F)N(C)C. The van der Waals surface area contributed by atoms with E-state index in [0.717, 1.165) is 11.6 Å². The van der Waals surface area contributed by atoms with Crippen LogP contribution < -0.4 is 10.6 Å². The Morgan fingerprint density at radius 1 is 1.22 bits per heavy atom. The first-order valence-electron chi connectivity index (χ1n) is 12.9. The van der Waals surface area contributed by atoms with Gasteiger partial charge in [0, 0.05) is 32.0 Å². The number of aryl methyl sites for hydroxylation is 1. The number of rotatable bonds is 13. The maximum Gasteiger partial charge on any atom is 0.315 e. The van der Waals surface area contributed by atoms with Gasteiger partial charge in [-0.2, -0.15) is 0 Å². The van der Waals surface area contributed by atoms with Crippen LogP contribution in [0.4, 0.5) is 18.9 Å². The summed E-state index contributed by atoms with van der Waals surface area (Å²) in [4.78, 5) is 14.1.